The maximum atomic E-state index is 11.9. The zero-order chi connectivity index (χ0) is 14.7. The van der Waals surface area contributed by atoms with Gasteiger partial charge in [-0.3, -0.25) is 4.79 Å². The average molecular weight is 362 g/mol. The molecule has 0 atom stereocenters. The van der Waals surface area contributed by atoms with Gasteiger partial charge in [-0.15, -0.1) is 0 Å². The number of hydrogen-bond donors (Lipinski definition) is 2. The van der Waals surface area contributed by atoms with Gasteiger partial charge in [0, 0.05) is 10.2 Å². The monoisotopic (exact) mass is 361 g/mol. The lowest BCUT2D eigenvalue weighted by atomic mass is 10.3. The molecule has 3 rings (SSSR count). The van der Waals surface area contributed by atoms with Crippen molar-refractivity contribution in [3.05, 3.63) is 53.0 Å². The number of aromatic amines is 1. The SMILES string of the molecule is O=C(CSc1nc2ccc(Br)cc2[nH]1)Nc1ccccc1. The topological polar surface area (TPSA) is 57.8 Å². The first-order valence-electron chi connectivity index (χ1n) is 6.34. The summed E-state index contributed by atoms with van der Waals surface area (Å²) in [5, 5.41) is 3.59. The van der Waals surface area contributed by atoms with Gasteiger partial charge in [-0.25, -0.2) is 4.98 Å². The van der Waals surface area contributed by atoms with Gasteiger partial charge in [-0.05, 0) is 30.3 Å². The van der Waals surface area contributed by atoms with Gasteiger partial charge in [0.25, 0.3) is 0 Å². The van der Waals surface area contributed by atoms with Crippen molar-refractivity contribution in [2.75, 3.05) is 11.1 Å². The molecular weight excluding hydrogens is 350 g/mol. The van der Waals surface area contributed by atoms with E-state index in [1.807, 2.05) is 48.5 Å². The Balaban J connectivity index is 1.62. The van der Waals surface area contributed by atoms with E-state index in [9.17, 15) is 4.79 Å². The molecule has 1 amide bonds. The zero-order valence-electron chi connectivity index (χ0n) is 11.0. The van der Waals surface area contributed by atoms with Crippen LogP contribution in [0.4, 0.5) is 5.69 Å². The first-order chi connectivity index (χ1) is 10.2. The highest BCUT2D eigenvalue weighted by Gasteiger charge is 2.07. The highest BCUT2D eigenvalue weighted by atomic mass is 79.9. The number of anilines is 1. The summed E-state index contributed by atoms with van der Waals surface area (Å²) < 4.78 is 0.997. The lowest BCUT2D eigenvalue weighted by Crippen LogP contribution is -2.13. The largest absolute Gasteiger partial charge is 0.333 e. The van der Waals surface area contributed by atoms with E-state index >= 15 is 0 Å². The Labute approximate surface area is 134 Å². The molecule has 106 valence electrons. The fourth-order valence-electron chi connectivity index (χ4n) is 1.88. The molecule has 1 heterocycles. The molecule has 0 saturated heterocycles. The van der Waals surface area contributed by atoms with Crippen LogP contribution in [-0.2, 0) is 4.79 Å². The van der Waals surface area contributed by atoms with E-state index in [-0.39, 0.29) is 5.91 Å². The molecule has 6 heteroatoms. The first kappa shape index (κ1) is 14.2. The smallest absolute Gasteiger partial charge is 0.234 e. The minimum absolute atomic E-state index is 0.0483. The van der Waals surface area contributed by atoms with E-state index in [2.05, 4.69) is 31.2 Å². The zero-order valence-corrected chi connectivity index (χ0v) is 13.4. The lowest BCUT2D eigenvalue weighted by Gasteiger charge is -2.03. The second-order valence-corrected chi connectivity index (χ2v) is 6.29. The molecule has 0 fully saturated rings. The summed E-state index contributed by atoms with van der Waals surface area (Å²) in [6.45, 7) is 0. The van der Waals surface area contributed by atoms with E-state index in [1.165, 1.54) is 11.8 Å². The maximum absolute atomic E-state index is 11.9. The number of carbonyl (C=O) groups excluding carboxylic acids is 1. The van der Waals surface area contributed by atoms with Crippen molar-refractivity contribution in [3.8, 4) is 0 Å². The summed E-state index contributed by atoms with van der Waals surface area (Å²) >= 11 is 4.81. The Morgan fingerprint density at radius 1 is 1.24 bits per heavy atom. The van der Waals surface area contributed by atoms with Crippen molar-refractivity contribution in [3.63, 3.8) is 0 Å². The molecule has 3 aromatic rings. The quantitative estimate of drug-likeness (QED) is 0.689. The Hall–Kier alpha value is -1.79. The summed E-state index contributed by atoms with van der Waals surface area (Å²) in [5.41, 5.74) is 2.65. The number of carbonyl (C=O) groups is 1. The molecular formula is C15H12BrN3OS. The number of benzene rings is 2. The molecule has 0 aliphatic rings. The van der Waals surface area contributed by atoms with E-state index in [1.54, 1.807) is 0 Å². The number of fused-ring (bicyclic) bond motifs is 1. The number of para-hydroxylation sites is 1. The first-order valence-corrected chi connectivity index (χ1v) is 8.11. The molecule has 1 aromatic heterocycles. The third-order valence-electron chi connectivity index (χ3n) is 2.82. The number of H-pyrrole nitrogens is 1. The molecule has 21 heavy (non-hydrogen) atoms. The predicted octanol–water partition coefficient (Wildman–Crippen LogP) is 4.06. The highest BCUT2D eigenvalue weighted by Crippen LogP contribution is 2.22. The van der Waals surface area contributed by atoms with Crippen molar-refractivity contribution in [2.45, 2.75) is 5.16 Å². The molecule has 0 unspecified atom stereocenters. The minimum atomic E-state index is -0.0483. The van der Waals surface area contributed by atoms with Gasteiger partial charge in [0.1, 0.15) is 0 Å². The molecule has 2 N–H and O–H groups in total. The molecule has 0 spiro atoms. The summed E-state index contributed by atoms with van der Waals surface area (Å²) in [6, 6.07) is 15.3. The van der Waals surface area contributed by atoms with Crippen LogP contribution in [-0.4, -0.2) is 21.6 Å². The normalized spacial score (nSPS) is 10.7. The fourth-order valence-corrected chi connectivity index (χ4v) is 2.93. The van der Waals surface area contributed by atoms with Crippen molar-refractivity contribution in [2.24, 2.45) is 0 Å². The van der Waals surface area contributed by atoms with Crippen LogP contribution in [0.25, 0.3) is 11.0 Å². The number of hydrogen-bond acceptors (Lipinski definition) is 3. The van der Waals surface area contributed by atoms with Crippen molar-refractivity contribution < 1.29 is 4.79 Å². The Morgan fingerprint density at radius 2 is 2.05 bits per heavy atom. The van der Waals surface area contributed by atoms with Gasteiger partial charge in [-0.2, -0.15) is 0 Å². The maximum Gasteiger partial charge on any atom is 0.234 e. The van der Waals surface area contributed by atoms with Crippen molar-refractivity contribution >= 4 is 50.3 Å². The third kappa shape index (κ3) is 3.65. The number of nitrogens with zero attached hydrogens (tertiary/aromatic N) is 1. The van der Waals surface area contributed by atoms with E-state index in [0.717, 1.165) is 26.3 Å². The molecule has 0 aliphatic heterocycles. The van der Waals surface area contributed by atoms with Crippen LogP contribution in [0.3, 0.4) is 0 Å². The van der Waals surface area contributed by atoms with Gasteiger partial charge in [0.15, 0.2) is 5.16 Å². The van der Waals surface area contributed by atoms with Crippen LogP contribution < -0.4 is 5.32 Å². The van der Waals surface area contributed by atoms with Gasteiger partial charge in [0.2, 0.25) is 5.91 Å². The van der Waals surface area contributed by atoms with Crippen LogP contribution in [0, 0.1) is 0 Å². The fraction of sp³-hybridized carbons (Fsp3) is 0.0667. The summed E-state index contributed by atoms with van der Waals surface area (Å²) in [4.78, 5) is 19.5. The van der Waals surface area contributed by atoms with Crippen molar-refractivity contribution in [1.29, 1.82) is 0 Å². The number of aromatic nitrogens is 2. The van der Waals surface area contributed by atoms with Crippen LogP contribution in [0.2, 0.25) is 0 Å². The Bertz CT molecular complexity index is 773. The molecule has 2 aromatic carbocycles. The van der Waals surface area contributed by atoms with Gasteiger partial charge in [0.05, 0.1) is 16.8 Å². The van der Waals surface area contributed by atoms with Crippen LogP contribution in [0.15, 0.2) is 58.2 Å². The average Bonchev–Trinajstić information content (AvgIpc) is 2.88. The number of rotatable bonds is 4. The van der Waals surface area contributed by atoms with E-state index in [4.69, 9.17) is 0 Å². The second kappa shape index (κ2) is 6.32. The van der Waals surface area contributed by atoms with Crippen LogP contribution in [0.5, 0.6) is 0 Å². The number of imidazole rings is 1. The number of amides is 1. The minimum Gasteiger partial charge on any atom is -0.333 e. The Kier molecular flexibility index (Phi) is 4.26. The van der Waals surface area contributed by atoms with Crippen LogP contribution in [0.1, 0.15) is 0 Å². The van der Waals surface area contributed by atoms with Gasteiger partial charge in [-0.1, -0.05) is 45.9 Å². The predicted molar refractivity (Wildman–Crippen MR) is 89.6 cm³/mol. The molecule has 0 saturated carbocycles. The van der Waals surface area contributed by atoms with E-state index < -0.39 is 0 Å². The Morgan fingerprint density at radius 3 is 2.86 bits per heavy atom. The highest BCUT2D eigenvalue weighted by molar-refractivity contribution is 9.10. The van der Waals surface area contributed by atoms with E-state index in [0.29, 0.717) is 5.75 Å². The van der Waals surface area contributed by atoms with Gasteiger partial charge < -0.3 is 10.3 Å². The third-order valence-corrected chi connectivity index (χ3v) is 4.19. The number of halogens is 1. The number of thioether (sulfide) groups is 1. The van der Waals surface area contributed by atoms with Crippen LogP contribution >= 0.6 is 27.7 Å². The summed E-state index contributed by atoms with van der Waals surface area (Å²) in [5.74, 6) is 0.267. The van der Waals surface area contributed by atoms with Crippen molar-refractivity contribution in [1.82, 2.24) is 9.97 Å². The second-order valence-electron chi connectivity index (χ2n) is 4.41. The summed E-state index contributed by atoms with van der Waals surface area (Å²) in [7, 11) is 0. The molecule has 0 radical (unpaired) electrons. The summed E-state index contributed by atoms with van der Waals surface area (Å²) in [6.07, 6.45) is 0. The van der Waals surface area contributed by atoms with Gasteiger partial charge >= 0.3 is 0 Å². The molecule has 0 bridgehead atoms. The number of nitrogens with one attached hydrogen (secondary N) is 2. The molecule has 4 nitrogen and oxygen atoms in total. The molecule has 0 aliphatic carbocycles. The standard InChI is InChI=1S/C15H12BrN3OS/c16-10-6-7-12-13(8-10)19-15(18-12)21-9-14(20)17-11-4-2-1-3-5-11/h1-8H,9H2,(H,17,20)(H,18,19). The lowest BCUT2D eigenvalue weighted by molar-refractivity contribution is -0.113.